The SMILES string of the molecule is Cc1ccc2c(c1)c1cc(C)ccc1n2-c1c(-c2ccccc2C(F)(F)F)cc(-c2nc(-c3ccccc3)nc(-c3ccccc3)n2)cc1-c1ccccc1C(F)(F)F.Cc1ccc2c(c1)c1ccccc1n2-c1c(-c2ccccc2C(F)(F)F)cc(-c2nc(-c3ccccc3)nc(-c3ccccc3)n2)cc1-c1ccccc1C(F)(F)F. The van der Waals surface area contributed by atoms with Gasteiger partial charge in [-0.05, 0) is 134 Å². The van der Waals surface area contributed by atoms with Crippen molar-refractivity contribution in [1.82, 2.24) is 39.0 Å². The number of aryl methyl sites for hydroxylation is 3. The van der Waals surface area contributed by atoms with E-state index in [4.69, 9.17) is 29.9 Å². The van der Waals surface area contributed by atoms with Crippen molar-refractivity contribution in [2.45, 2.75) is 45.5 Å². The zero-order valence-electron chi connectivity index (χ0n) is 62.2. The number of benzene rings is 14. The van der Waals surface area contributed by atoms with Crippen molar-refractivity contribution < 1.29 is 52.7 Å². The Labute approximate surface area is 662 Å². The molecule has 0 atom stereocenters. The number of aromatic nitrogens is 8. The number of para-hydroxylation sites is 1. The van der Waals surface area contributed by atoms with Crippen LogP contribution in [-0.2, 0) is 24.7 Å². The molecule has 0 fully saturated rings. The van der Waals surface area contributed by atoms with Gasteiger partial charge in [-0.25, -0.2) is 29.9 Å². The Kier molecular flexibility index (Phi) is 19.4. The molecule has 0 aliphatic carbocycles. The van der Waals surface area contributed by atoms with Crippen LogP contribution in [0.2, 0.25) is 0 Å². The summed E-state index contributed by atoms with van der Waals surface area (Å²) in [6.07, 6.45) is -19.3. The topological polar surface area (TPSA) is 87.2 Å². The van der Waals surface area contributed by atoms with Gasteiger partial charge in [0.1, 0.15) is 0 Å². The summed E-state index contributed by atoms with van der Waals surface area (Å²) in [7, 11) is 0. The largest absolute Gasteiger partial charge is 0.417 e. The highest BCUT2D eigenvalue weighted by Gasteiger charge is 2.40. The summed E-state index contributed by atoms with van der Waals surface area (Å²) in [5.74, 6) is 1.24. The van der Waals surface area contributed by atoms with Gasteiger partial charge in [0, 0.05) is 77.2 Å². The van der Waals surface area contributed by atoms with Gasteiger partial charge < -0.3 is 9.13 Å². The second-order valence-electron chi connectivity index (χ2n) is 28.3. The highest BCUT2D eigenvalue weighted by Crippen LogP contribution is 2.52. The Morgan fingerprint density at radius 2 is 0.410 bits per heavy atom. The Balaban J connectivity index is 0.000000168. The maximum atomic E-state index is 15.2. The summed E-state index contributed by atoms with van der Waals surface area (Å²) in [5, 5.41) is 3.18. The molecular weight excluding hydrogens is 1510 g/mol. The van der Waals surface area contributed by atoms with Crippen LogP contribution in [0, 0.1) is 20.8 Å². The number of alkyl halides is 12. The molecule has 117 heavy (non-hydrogen) atoms. The molecule has 18 aromatic rings. The minimum Gasteiger partial charge on any atom is -0.308 e. The van der Waals surface area contributed by atoms with Gasteiger partial charge in [-0.15, -0.1) is 0 Å². The van der Waals surface area contributed by atoms with Gasteiger partial charge in [-0.3, -0.25) is 0 Å². The van der Waals surface area contributed by atoms with E-state index in [-0.39, 0.29) is 102 Å². The predicted octanol–water partition coefficient (Wildman–Crippen LogP) is 27.6. The number of hydrogen-bond acceptors (Lipinski definition) is 6. The highest BCUT2D eigenvalue weighted by molar-refractivity contribution is 6.13. The molecule has 20 heteroatoms. The van der Waals surface area contributed by atoms with Crippen molar-refractivity contribution in [3.63, 3.8) is 0 Å². The molecule has 0 amide bonds. The first-order valence-corrected chi connectivity index (χ1v) is 37.1. The molecule has 574 valence electrons. The smallest absolute Gasteiger partial charge is 0.308 e. The molecule has 14 aromatic carbocycles. The standard InChI is InChI=1S/C49H32F6N4.C48H30F6N4/c1-29-21-23-42-36(25-29)37-26-30(2)22-24-43(37)59(42)44-38(34-17-9-11-19-40(34)48(50,51)52)27-33(28-39(44)35-18-10-12-20-41(35)49(53,54)55)47-57-45(31-13-5-3-6-14-31)56-46(58-47)32-15-7-4-8-16-32;1-29-24-25-42-36(26-29)35-20-10-13-23-41(35)58(42)43-37(33-18-8-11-21-39(33)47(49,50)51)27-32(28-38(43)34-19-9-12-22-40(34)48(52,53)54)46-56-44(30-14-4-2-5-15-30)55-45(57-46)31-16-6-3-7-17-31/h3-28H,1-2H3;2-28H,1H3. The van der Waals surface area contributed by atoms with Crippen LogP contribution >= 0.6 is 0 Å². The van der Waals surface area contributed by atoms with Crippen LogP contribution in [0.15, 0.2) is 322 Å². The van der Waals surface area contributed by atoms with Gasteiger partial charge >= 0.3 is 24.7 Å². The number of fused-ring (bicyclic) bond motifs is 6. The van der Waals surface area contributed by atoms with E-state index in [1.165, 1.54) is 72.8 Å². The molecule has 0 N–H and O–H groups in total. The summed E-state index contributed by atoms with van der Waals surface area (Å²) in [6.45, 7) is 5.80. The van der Waals surface area contributed by atoms with Crippen LogP contribution in [0.25, 0.3) is 168 Å². The third-order valence-electron chi connectivity index (χ3n) is 20.6. The van der Waals surface area contributed by atoms with Crippen molar-refractivity contribution in [1.29, 1.82) is 0 Å². The van der Waals surface area contributed by atoms with Crippen LogP contribution in [0.4, 0.5) is 52.7 Å². The Hall–Kier alpha value is -14.1. The molecule has 0 bridgehead atoms. The molecular formula is C97H62F12N8. The van der Waals surface area contributed by atoms with E-state index in [9.17, 15) is 0 Å². The van der Waals surface area contributed by atoms with Crippen molar-refractivity contribution >= 4 is 43.6 Å². The maximum Gasteiger partial charge on any atom is 0.417 e. The molecule has 4 heterocycles. The predicted molar refractivity (Wildman–Crippen MR) is 437 cm³/mol. The van der Waals surface area contributed by atoms with Crippen LogP contribution in [-0.4, -0.2) is 39.0 Å². The Morgan fingerprint density at radius 3 is 0.675 bits per heavy atom. The molecule has 0 saturated heterocycles. The van der Waals surface area contributed by atoms with E-state index in [1.54, 1.807) is 39.5 Å². The lowest BCUT2D eigenvalue weighted by Gasteiger charge is -2.24. The number of nitrogens with zero attached hydrogens (tertiary/aromatic N) is 8. The van der Waals surface area contributed by atoms with Crippen molar-refractivity contribution in [2.75, 3.05) is 0 Å². The van der Waals surface area contributed by atoms with E-state index in [0.29, 0.717) is 44.3 Å². The molecule has 8 nitrogen and oxygen atoms in total. The number of rotatable bonds is 12. The zero-order valence-corrected chi connectivity index (χ0v) is 62.2. The lowest BCUT2D eigenvalue weighted by molar-refractivity contribution is -0.137. The van der Waals surface area contributed by atoms with Gasteiger partial charge in [0.05, 0.1) is 55.7 Å². The van der Waals surface area contributed by atoms with E-state index in [1.807, 2.05) is 215 Å². The van der Waals surface area contributed by atoms with Gasteiger partial charge in [0.2, 0.25) is 0 Å². The minimum absolute atomic E-state index is 0.0311. The van der Waals surface area contributed by atoms with Crippen LogP contribution in [0.3, 0.4) is 0 Å². The van der Waals surface area contributed by atoms with Gasteiger partial charge in [0.25, 0.3) is 0 Å². The quantitative estimate of drug-likeness (QED) is 0.113. The summed E-state index contributed by atoms with van der Waals surface area (Å²) < 4.78 is 185. The van der Waals surface area contributed by atoms with Crippen molar-refractivity contribution in [3.05, 3.63) is 360 Å². The summed E-state index contributed by atoms with van der Waals surface area (Å²) in [6, 6.07) is 87.7. The molecule has 0 radical (unpaired) electrons. The minimum atomic E-state index is -4.82. The summed E-state index contributed by atoms with van der Waals surface area (Å²) in [5.41, 5.74) is 3.89. The average Bonchev–Trinajstić information content (AvgIpc) is 1.65. The van der Waals surface area contributed by atoms with E-state index >= 15 is 52.7 Å². The van der Waals surface area contributed by atoms with Crippen LogP contribution in [0.5, 0.6) is 0 Å². The Bertz CT molecular complexity index is 6520. The van der Waals surface area contributed by atoms with Crippen molar-refractivity contribution in [2.24, 2.45) is 0 Å². The maximum absolute atomic E-state index is 15.2. The fraction of sp³-hybridized carbons (Fsp3) is 0.0722. The van der Waals surface area contributed by atoms with Crippen LogP contribution in [0.1, 0.15) is 38.9 Å². The summed E-state index contributed by atoms with van der Waals surface area (Å²) >= 11 is 0. The van der Waals surface area contributed by atoms with Crippen LogP contribution < -0.4 is 0 Å². The molecule has 4 aromatic heterocycles. The lowest BCUT2D eigenvalue weighted by atomic mass is 9.88. The molecule has 0 spiro atoms. The van der Waals surface area contributed by atoms with E-state index < -0.39 is 47.0 Å². The highest BCUT2D eigenvalue weighted by atomic mass is 19.4. The fourth-order valence-corrected chi connectivity index (χ4v) is 15.4. The molecule has 0 saturated carbocycles. The van der Waals surface area contributed by atoms with E-state index in [0.717, 1.165) is 62.5 Å². The Morgan fingerprint density at radius 1 is 0.197 bits per heavy atom. The molecule has 0 unspecified atom stereocenters. The van der Waals surface area contributed by atoms with Gasteiger partial charge in [-0.1, -0.05) is 247 Å². The first-order valence-electron chi connectivity index (χ1n) is 37.1. The normalized spacial score (nSPS) is 12.1. The van der Waals surface area contributed by atoms with Gasteiger partial charge in [-0.2, -0.15) is 52.7 Å². The monoisotopic (exact) mass is 1570 g/mol. The second kappa shape index (κ2) is 30.0. The molecule has 18 rings (SSSR count). The second-order valence-corrected chi connectivity index (χ2v) is 28.3. The lowest BCUT2D eigenvalue weighted by Crippen LogP contribution is -2.11. The third-order valence-corrected chi connectivity index (χ3v) is 20.6. The first kappa shape index (κ1) is 75.5. The first-order chi connectivity index (χ1) is 56.3. The van der Waals surface area contributed by atoms with E-state index in [2.05, 4.69) is 0 Å². The average molecular weight is 1570 g/mol. The van der Waals surface area contributed by atoms with Gasteiger partial charge in [0.15, 0.2) is 34.9 Å². The van der Waals surface area contributed by atoms with Crippen molar-refractivity contribution in [3.8, 4) is 124 Å². The zero-order chi connectivity index (χ0) is 81.2. The number of halogens is 12. The third kappa shape index (κ3) is 14.6. The fourth-order valence-electron chi connectivity index (χ4n) is 15.4. The molecule has 0 aliphatic heterocycles. The molecule has 0 aliphatic rings. The number of hydrogen-bond donors (Lipinski definition) is 0. The summed E-state index contributed by atoms with van der Waals surface area (Å²) in [4.78, 5) is 28.9.